The van der Waals surface area contributed by atoms with Crippen molar-refractivity contribution in [3.63, 3.8) is 0 Å². The highest BCUT2D eigenvalue weighted by Crippen LogP contribution is 2.26. The fourth-order valence-electron chi connectivity index (χ4n) is 2.16. The molecule has 7 heteroatoms. The minimum Gasteiger partial charge on any atom is -0.480 e. The third-order valence-electron chi connectivity index (χ3n) is 3.03. The first kappa shape index (κ1) is 12.8. The maximum Gasteiger partial charge on any atom is 0.326 e. The lowest BCUT2D eigenvalue weighted by molar-refractivity contribution is -0.138. The minimum absolute atomic E-state index is 0.0253. The minimum atomic E-state index is -3.71. The number of carbonyl (C=O) groups is 1. The Morgan fingerprint density at radius 2 is 1.94 bits per heavy atom. The zero-order valence-electron chi connectivity index (χ0n) is 9.61. The van der Waals surface area contributed by atoms with Gasteiger partial charge in [-0.25, -0.2) is 18.4 Å². The summed E-state index contributed by atoms with van der Waals surface area (Å²) in [5, 5.41) is 14.1. The normalized spacial score (nSPS) is 20.1. The van der Waals surface area contributed by atoms with Gasteiger partial charge in [-0.15, -0.1) is 0 Å². The van der Waals surface area contributed by atoms with Crippen LogP contribution in [-0.2, 0) is 14.8 Å². The third-order valence-corrected chi connectivity index (χ3v) is 3.96. The van der Waals surface area contributed by atoms with Crippen molar-refractivity contribution in [1.29, 1.82) is 0 Å². The second-order valence-electron chi connectivity index (χ2n) is 4.23. The van der Waals surface area contributed by atoms with Gasteiger partial charge in [-0.3, -0.25) is 0 Å². The van der Waals surface area contributed by atoms with Gasteiger partial charge in [-0.2, -0.15) is 0 Å². The van der Waals surface area contributed by atoms with Crippen molar-refractivity contribution in [2.24, 2.45) is 5.14 Å². The molecule has 0 spiro atoms. The summed E-state index contributed by atoms with van der Waals surface area (Å²) in [5.41, 5.74) is 0.701. The molecule has 1 aromatic carbocycles. The maximum absolute atomic E-state index is 11.1. The van der Waals surface area contributed by atoms with Gasteiger partial charge in [0.25, 0.3) is 0 Å². The molecule has 0 amide bonds. The highest BCUT2D eigenvalue weighted by atomic mass is 32.2. The van der Waals surface area contributed by atoms with E-state index in [0.29, 0.717) is 18.7 Å². The summed E-state index contributed by atoms with van der Waals surface area (Å²) in [4.78, 5) is 12.8. The summed E-state index contributed by atoms with van der Waals surface area (Å²) in [6.45, 7) is 0.658. The van der Waals surface area contributed by atoms with E-state index in [1.807, 2.05) is 0 Å². The predicted molar refractivity (Wildman–Crippen MR) is 65.8 cm³/mol. The van der Waals surface area contributed by atoms with Crippen LogP contribution < -0.4 is 10.0 Å². The van der Waals surface area contributed by atoms with Gasteiger partial charge < -0.3 is 10.0 Å². The number of sulfonamides is 1. The number of carboxylic acids is 1. The zero-order chi connectivity index (χ0) is 13.3. The van der Waals surface area contributed by atoms with E-state index in [1.165, 1.54) is 12.1 Å². The summed E-state index contributed by atoms with van der Waals surface area (Å²) in [6, 6.07) is 5.41. The van der Waals surface area contributed by atoms with E-state index in [-0.39, 0.29) is 4.90 Å². The standard InChI is InChI=1S/C11H14N2O4S/c12-18(16,17)9-5-3-8(4-6-9)13-7-1-2-10(13)11(14)15/h3-6,10H,1-2,7H2,(H,14,15)(H2,12,16,17)/t10-/m0/s1. The van der Waals surface area contributed by atoms with Crippen molar-refractivity contribution in [2.45, 2.75) is 23.8 Å². The van der Waals surface area contributed by atoms with E-state index in [1.54, 1.807) is 17.0 Å². The third kappa shape index (κ3) is 2.46. The molecule has 0 saturated carbocycles. The van der Waals surface area contributed by atoms with Gasteiger partial charge in [0.15, 0.2) is 0 Å². The van der Waals surface area contributed by atoms with Crippen molar-refractivity contribution in [1.82, 2.24) is 0 Å². The number of benzene rings is 1. The number of hydrogen-bond donors (Lipinski definition) is 2. The Morgan fingerprint density at radius 3 is 2.44 bits per heavy atom. The van der Waals surface area contributed by atoms with E-state index in [0.717, 1.165) is 6.42 Å². The van der Waals surface area contributed by atoms with Crippen LogP contribution in [0.1, 0.15) is 12.8 Å². The molecule has 1 heterocycles. The smallest absolute Gasteiger partial charge is 0.326 e. The second-order valence-corrected chi connectivity index (χ2v) is 5.79. The molecule has 1 aliphatic rings. The molecule has 18 heavy (non-hydrogen) atoms. The summed E-state index contributed by atoms with van der Waals surface area (Å²) < 4.78 is 22.2. The van der Waals surface area contributed by atoms with E-state index in [4.69, 9.17) is 10.2 Å². The van der Waals surface area contributed by atoms with Crippen LogP contribution in [0.2, 0.25) is 0 Å². The number of hydrogen-bond acceptors (Lipinski definition) is 4. The van der Waals surface area contributed by atoms with Crippen molar-refractivity contribution < 1.29 is 18.3 Å². The van der Waals surface area contributed by atoms with Gasteiger partial charge in [-0.1, -0.05) is 0 Å². The molecular weight excluding hydrogens is 256 g/mol. The highest BCUT2D eigenvalue weighted by molar-refractivity contribution is 7.89. The molecule has 0 unspecified atom stereocenters. The lowest BCUT2D eigenvalue weighted by Gasteiger charge is -2.23. The number of nitrogens with zero attached hydrogens (tertiary/aromatic N) is 1. The largest absolute Gasteiger partial charge is 0.480 e. The molecule has 0 radical (unpaired) electrons. The first-order valence-electron chi connectivity index (χ1n) is 5.52. The lowest BCUT2D eigenvalue weighted by Crippen LogP contribution is -2.35. The predicted octanol–water partition coefficient (Wildman–Crippen LogP) is 0.387. The Hall–Kier alpha value is -1.60. The van der Waals surface area contributed by atoms with Crippen LogP contribution in [0.3, 0.4) is 0 Å². The molecule has 1 aromatic rings. The lowest BCUT2D eigenvalue weighted by atomic mass is 10.2. The van der Waals surface area contributed by atoms with E-state index < -0.39 is 22.0 Å². The van der Waals surface area contributed by atoms with Crippen molar-refractivity contribution in [3.05, 3.63) is 24.3 Å². The van der Waals surface area contributed by atoms with Crippen molar-refractivity contribution in [2.75, 3.05) is 11.4 Å². The number of rotatable bonds is 3. The number of nitrogens with two attached hydrogens (primary N) is 1. The quantitative estimate of drug-likeness (QED) is 0.827. The van der Waals surface area contributed by atoms with Crippen molar-refractivity contribution in [3.8, 4) is 0 Å². The van der Waals surface area contributed by atoms with Gasteiger partial charge in [0.1, 0.15) is 6.04 Å². The van der Waals surface area contributed by atoms with Crippen molar-refractivity contribution >= 4 is 21.7 Å². The Bertz CT molecular complexity index is 553. The summed E-state index contributed by atoms with van der Waals surface area (Å²) in [7, 11) is -3.71. The second kappa shape index (κ2) is 4.58. The molecular formula is C11H14N2O4S. The van der Waals surface area contributed by atoms with Gasteiger partial charge in [0, 0.05) is 12.2 Å². The van der Waals surface area contributed by atoms with Crippen LogP contribution in [0.15, 0.2) is 29.2 Å². The molecule has 2 rings (SSSR count). The monoisotopic (exact) mass is 270 g/mol. The molecule has 1 atom stereocenters. The molecule has 1 saturated heterocycles. The fraction of sp³-hybridized carbons (Fsp3) is 0.364. The molecule has 0 bridgehead atoms. The van der Waals surface area contributed by atoms with Crippen LogP contribution >= 0.6 is 0 Å². The molecule has 6 nitrogen and oxygen atoms in total. The van der Waals surface area contributed by atoms with Gasteiger partial charge >= 0.3 is 5.97 Å². The van der Waals surface area contributed by atoms with Crippen LogP contribution in [0.4, 0.5) is 5.69 Å². The topological polar surface area (TPSA) is 101 Å². The molecule has 98 valence electrons. The van der Waals surface area contributed by atoms with Crippen LogP contribution in [0.5, 0.6) is 0 Å². The summed E-state index contributed by atoms with van der Waals surface area (Å²) in [6.07, 6.45) is 1.42. The van der Waals surface area contributed by atoms with E-state index >= 15 is 0 Å². The van der Waals surface area contributed by atoms with E-state index in [2.05, 4.69) is 0 Å². The number of primary sulfonamides is 1. The van der Waals surface area contributed by atoms with Crippen LogP contribution in [-0.4, -0.2) is 32.1 Å². The number of aliphatic carboxylic acids is 1. The Kier molecular flexibility index (Phi) is 3.27. The number of anilines is 1. The first-order chi connectivity index (χ1) is 8.39. The van der Waals surface area contributed by atoms with Crippen LogP contribution in [0.25, 0.3) is 0 Å². The maximum atomic E-state index is 11.1. The van der Waals surface area contributed by atoms with E-state index in [9.17, 15) is 13.2 Å². The highest BCUT2D eigenvalue weighted by Gasteiger charge is 2.30. The fourth-order valence-corrected chi connectivity index (χ4v) is 2.68. The molecule has 3 N–H and O–H groups in total. The Labute approximate surface area is 105 Å². The Morgan fingerprint density at radius 1 is 1.33 bits per heavy atom. The summed E-state index contributed by atoms with van der Waals surface area (Å²) >= 11 is 0. The molecule has 1 fully saturated rings. The van der Waals surface area contributed by atoms with Crippen LogP contribution in [0, 0.1) is 0 Å². The van der Waals surface area contributed by atoms with Gasteiger partial charge in [0.05, 0.1) is 4.90 Å². The SMILES string of the molecule is NS(=O)(=O)c1ccc(N2CCC[C@H]2C(=O)O)cc1. The molecule has 0 aliphatic carbocycles. The Balaban J connectivity index is 2.27. The molecule has 0 aromatic heterocycles. The zero-order valence-corrected chi connectivity index (χ0v) is 10.4. The average molecular weight is 270 g/mol. The first-order valence-corrected chi connectivity index (χ1v) is 7.06. The van der Waals surface area contributed by atoms with Gasteiger partial charge in [0.2, 0.25) is 10.0 Å². The van der Waals surface area contributed by atoms with Gasteiger partial charge in [-0.05, 0) is 37.1 Å². The molecule has 1 aliphatic heterocycles. The average Bonchev–Trinajstić information content (AvgIpc) is 2.77. The number of carboxylic acid groups (broad SMARTS) is 1. The summed E-state index contributed by atoms with van der Waals surface area (Å²) in [5.74, 6) is -0.858.